The quantitative estimate of drug-likeness (QED) is 0.154. The Morgan fingerprint density at radius 1 is 0.585 bits per heavy atom. The van der Waals surface area contributed by atoms with Crippen molar-refractivity contribution in [3.05, 3.63) is 145 Å². The highest BCUT2D eigenvalue weighted by molar-refractivity contribution is 7.97. The van der Waals surface area contributed by atoms with Crippen molar-refractivity contribution >= 4 is 25.4 Å². The van der Waals surface area contributed by atoms with Crippen molar-refractivity contribution in [1.29, 1.82) is 0 Å². The minimum absolute atomic E-state index is 0.162. The average Bonchev–Trinajstić information content (AvgIpc) is 3.36. The van der Waals surface area contributed by atoms with Crippen LogP contribution in [0.5, 0.6) is 0 Å². The lowest BCUT2D eigenvalue weighted by molar-refractivity contribution is 0.346. The summed E-state index contributed by atoms with van der Waals surface area (Å²) in [7, 11) is -5.46. The number of hydrogen-bond acceptors (Lipinski definition) is 1. The summed E-state index contributed by atoms with van der Waals surface area (Å²) in [4.78, 5) is 0. The van der Waals surface area contributed by atoms with Gasteiger partial charge in [-0.2, -0.15) is 6.66 Å². The molecule has 6 rings (SSSR count). The van der Waals surface area contributed by atoms with Crippen LogP contribution in [0.1, 0.15) is 67.4 Å². The van der Waals surface area contributed by atoms with Crippen LogP contribution in [0.4, 0.5) is 8.78 Å². The van der Waals surface area contributed by atoms with Crippen LogP contribution >= 0.6 is 14.8 Å². The van der Waals surface area contributed by atoms with Gasteiger partial charge in [-0.15, -0.1) is 11.1 Å². The van der Waals surface area contributed by atoms with Crippen LogP contribution in [0.25, 0.3) is 0 Å². The van der Waals surface area contributed by atoms with Crippen molar-refractivity contribution in [1.82, 2.24) is 4.44 Å². The molecular weight excluding hydrogens is 546 g/mol. The largest absolute Gasteiger partial charge is 0.203 e. The predicted molar refractivity (Wildman–Crippen MR) is 173 cm³/mol. The minimum atomic E-state index is -3.04. The van der Waals surface area contributed by atoms with Crippen LogP contribution in [-0.2, 0) is 0 Å². The Morgan fingerprint density at radius 2 is 1.00 bits per heavy atom. The van der Waals surface area contributed by atoms with Gasteiger partial charge in [0.1, 0.15) is 10.6 Å². The summed E-state index contributed by atoms with van der Waals surface area (Å²) >= 11 is 0. The van der Waals surface area contributed by atoms with Gasteiger partial charge in [-0.3, -0.25) is 0 Å². The Labute approximate surface area is 245 Å². The Hall–Kier alpha value is -2.44. The van der Waals surface area contributed by atoms with Gasteiger partial charge in [0, 0.05) is 7.41 Å². The maximum atomic E-state index is 16.1. The van der Waals surface area contributed by atoms with Crippen LogP contribution in [0.3, 0.4) is 0 Å². The third kappa shape index (κ3) is 5.09. The Balaban J connectivity index is 1.67. The molecule has 2 fully saturated rings. The fourth-order valence-electron chi connectivity index (χ4n) is 7.50. The zero-order valence-electron chi connectivity index (χ0n) is 23.6. The van der Waals surface area contributed by atoms with E-state index in [1.165, 1.54) is 29.7 Å². The molecule has 41 heavy (non-hydrogen) atoms. The topological polar surface area (TPSA) is 3.24 Å². The van der Waals surface area contributed by atoms with Crippen LogP contribution in [0.2, 0.25) is 0 Å². The van der Waals surface area contributed by atoms with Gasteiger partial charge in [-0.25, -0.2) is 8.78 Å². The van der Waals surface area contributed by atoms with E-state index in [-0.39, 0.29) is 29.0 Å². The lowest BCUT2D eigenvalue weighted by atomic mass is 9.96. The van der Waals surface area contributed by atoms with Gasteiger partial charge in [0.2, 0.25) is 0 Å². The molecule has 212 valence electrons. The first-order valence-electron chi connectivity index (χ1n) is 14.8. The zero-order chi connectivity index (χ0) is 28.5. The normalized spacial score (nSPS) is 21.3. The molecule has 2 atom stereocenters. The minimum Gasteiger partial charge on any atom is -0.203 e. The van der Waals surface area contributed by atoms with Crippen LogP contribution in [0, 0.1) is 25.0 Å². The van der Waals surface area contributed by atoms with Crippen molar-refractivity contribution in [2.24, 2.45) is 0 Å². The molecule has 1 nitrogen and oxygen atoms in total. The second kappa shape index (κ2) is 12.0. The van der Waals surface area contributed by atoms with Crippen molar-refractivity contribution in [3.8, 4) is 0 Å². The maximum absolute atomic E-state index is 16.1. The molecule has 1 saturated carbocycles. The zero-order valence-corrected chi connectivity index (χ0v) is 25.4. The second-order valence-electron chi connectivity index (χ2n) is 11.6. The Kier molecular flexibility index (Phi) is 8.42. The summed E-state index contributed by atoms with van der Waals surface area (Å²) in [5.41, 5.74) is 2.94. The van der Waals surface area contributed by atoms with E-state index < -0.39 is 14.8 Å². The number of benzene rings is 4. The van der Waals surface area contributed by atoms with Gasteiger partial charge in [0.05, 0.1) is 24.8 Å². The van der Waals surface area contributed by atoms with E-state index in [9.17, 15) is 0 Å². The fourth-order valence-corrected chi connectivity index (χ4v) is 18.5. The van der Waals surface area contributed by atoms with Crippen LogP contribution in [-0.4, -0.2) is 10.5 Å². The third-order valence-corrected chi connectivity index (χ3v) is 18.9. The van der Waals surface area contributed by atoms with E-state index in [0.717, 1.165) is 38.5 Å². The molecule has 2 aliphatic rings. The van der Waals surface area contributed by atoms with Gasteiger partial charge in [0.15, 0.2) is 11.6 Å². The van der Waals surface area contributed by atoms with Gasteiger partial charge in [-0.1, -0.05) is 104 Å². The van der Waals surface area contributed by atoms with E-state index >= 15 is 8.78 Å². The first kappa shape index (κ1) is 28.7. The molecule has 1 saturated heterocycles. The van der Waals surface area contributed by atoms with E-state index in [1.807, 2.05) is 24.3 Å². The Morgan fingerprint density at radius 3 is 1.44 bits per heavy atom. The van der Waals surface area contributed by atoms with Gasteiger partial charge in [0.25, 0.3) is 0 Å². The molecule has 0 aromatic heterocycles. The molecule has 4 aromatic rings. The highest BCUT2D eigenvalue weighted by Crippen LogP contribution is 2.92. The summed E-state index contributed by atoms with van der Waals surface area (Å²) in [5, 5.41) is 1.06. The molecule has 5 heteroatoms. The SMILES string of the molecule is [CH2-][P+](c1ccccc1F)(c1ccccc1F)N(C1CCCCC1)[P+]1([CH2-])[C@H](c2ccccc2)CC[C@H]1c1ccccc1. The molecule has 1 aliphatic heterocycles. The molecule has 0 amide bonds. The summed E-state index contributed by atoms with van der Waals surface area (Å²) < 4.78 is 34.8. The molecule has 1 heterocycles. The van der Waals surface area contributed by atoms with Gasteiger partial charge in [-0.05, 0) is 61.1 Å². The molecule has 0 unspecified atom stereocenters. The molecule has 0 spiro atoms. The maximum Gasteiger partial charge on any atom is 0.164 e. The number of rotatable bonds is 7. The first-order chi connectivity index (χ1) is 20.0. The van der Waals surface area contributed by atoms with Crippen molar-refractivity contribution in [3.63, 3.8) is 0 Å². The van der Waals surface area contributed by atoms with E-state index in [0.29, 0.717) is 10.6 Å². The highest BCUT2D eigenvalue weighted by atomic mass is 31.2. The summed E-state index contributed by atoms with van der Waals surface area (Å²) in [6.07, 6.45) is 7.42. The smallest absolute Gasteiger partial charge is 0.164 e. The average molecular weight is 586 g/mol. The summed E-state index contributed by atoms with van der Waals surface area (Å²) in [6, 6.07) is 35.6. The summed E-state index contributed by atoms with van der Waals surface area (Å²) in [6.45, 7) is 10.3. The molecular formula is C36H39F2NP2. The van der Waals surface area contributed by atoms with Gasteiger partial charge >= 0.3 is 0 Å². The van der Waals surface area contributed by atoms with E-state index in [4.69, 9.17) is 13.3 Å². The molecule has 4 aromatic carbocycles. The fraction of sp³-hybridized carbons (Fsp3) is 0.278. The van der Waals surface area contributed by atoms with Crippen molar-refractivity contribution < 1.29 is 8.78 Å². The lowest BCUT2D eigenvalue weighted by Crippen LogP contribution is -2.44. The van der Waals surface area contributed by atoms with E-state index in [2.05, 4.69) is 65.1 Å². The monoisotopic (exact) mass is 585 g/mol. The molecule has 0 N–H and O–H groups in total. The standard InChI is InChI=1S/C36H39F2NP2/c1-40(33(28-16-6-3-7-17-28)26-27-34(40)29-18-8-4-9-19-29)39(30-20-10-5-11-21-30)41(2,35-24-14-12-22-31(35)37)36-25-15-13-23-32(36)38/h3-4,6-9,12-19,22-25,30,33-34H,1-2,5,10-11,20-21,26-27H2/t33-,34-/m0/s1. The lowest BCUT2D eigenvalue weighted by Gasteiger charge is -2.54. The first-order valence-corrected chi connectivity index (χ1v) is 18.8. The van der Waals surface area contributed by atoms with Gasteiger partial charge < -0.3 is 0 Å². The van der Waals surface area contributed by atoms with Crippen molar-refractivity contribution in [2.75, 3.05) is 0 Å². The van der Waals surface area contributed by atoms with Crippen LogP contribution < -0.4 is 10.6 Å². The highest BCUT2D eigenvalue weighted by Gasteiger charge is 2.63. The van der Waals surface area contributed by atoms with Crippen LogP contribution in [0.15, 0.2) is 109 Å². The Bertz CT molecular complexity index is 1360. The molecule has 1 aliphatic carbocycles. The number of nitrogens with zero attached hydrogens (tertiary/aromatic N) is 1. The number of hydrogen-bond donors (Lipinski definition) is 0. The number of halogens is 2. The predicted octanol–water partition coefficient (Wildman–Crippen LogP) is 10.3. The summed E-state index contributed by atoms with van der Waals surface area (Å²) in [5.74, 6) is -0.614. The molecule has 0 bridgehead atoms. The van der Waals surface area contributed by atoms with Crippen molar-refractivity contribution in [2.45, 2.75) is 62.3 Å². The van der Waals surface area contributed by atoms with E-state index in [1.54, 1.807) is 12.1 Å². The third-order valence-electron chi connectivity index (χ3n) is 9.30. The second-order valence-corrected chi connectivity index (χ2v) is 18.3. The molecule has 0 radical (unpaired) electrons.